The minimum absolute atomic E-state index is 0.249. The summed E-state index contributed by atoms with van der Waals surface area (Å²) in [6.45, 7) is 1.27. The van der Waals surface area contributed by atoms with E-state index in [9.17, 15) is 10.1 Å². The molecule has 0 atom stereocenters. The minimum Gasteiger partial charge on any atom is -0.358 e. The zero-order valence-electron chi connectivity index (χ0n) is 7.70. The first-order chi connectivity index (χ1) is 7.00. The van der Waals surface area contributed by atoms with Crippen molar-refractivity contribution in [3.8, 4) is 0 Å². The molecule has 5 nitrogen and oxygen atoms in total. The lowest BCUT2D eigenvalue weighted by Gasteiger charge is -1.99. The molecule has 1 aromatic rings. The van der Waals surface area contributed by atoms with Crippen molar-refractivity contribution in [3.05, 3.63) is 38.4 Å². The molecule has 0 saturated heterocycles. The zero-order chi connectivity index (χ0) is 11.4. The number of halogens is 2. The van der Waals surface area contributed by atoms with Gasteiger partial charge >= 0.3 is 5.84 Å². The number of hydrazone groups is 1. The van der Waals surface area contributed by atoms with E-state index in [1.165, 1.54) is 13.0 Å². The van der Waals surface area contributed by atoms with E-state index in [4.69, 9.17) is 23.2 Å². The van der Waals surface area contributed by atoms with E-state index in [0.29, 0.717) is 15.7 Å². The molecule has 0 aliphatic heterocycles. The first kappa shape index (κ1) is 11.7. The van der Waals surface area contributed by atoms with Crippen LogP contribution in [-0.4, -0.2) is 10.8 Å². The molecule has 0 unspecified atom stereocenters. The summed E-state index contributed by atoms with van der Waals surface area (Å²) >= 11 is 11.5. The van der Waals surface area contributed by atoms with Crippen LogP contribution in [0.25, 0.3) is 0 Å². The van der Waals surface area contributed by atoms with Gasteiger partial charge in [-0.25, -0.2) is 0 Å². The maximum atomic E-state index is 10.2. The van der Waals surface area contributed by atoms with Crippen LogP contribution in [0, 0.1) is 10.1 Å². The quantitative estimate of drug-likeness (QED) is 0.378. The molecular formula is C8H7Cl2N3O2. The summed E-state index contributed by atoms with van der Waals surface area (Å²) in [5.74, 6) is -0.249. The van der Waals surface area contributed by atoms with E-state index in [2.05, 4.69) is 10.5 Å². The van der Waals surface area contributed by atoms with Gasteiger partial charge in [0, 0.05) is 11.9 Å². The topological polar surface area (TPSA) is 67.5 Å². The second-order valence-corrected chi connectivity index (χ2v) is 3.50. The summed E-state index contributed by atoms with van der Waals surface area (Å²) in [6, 6.07) is 4.70. The number of nitrogens with zero attached hydrogens (tertiary/aromatic N) is 2. The fraction of sp³-hybridized carbons (Fsp3) is 0.125. The lowest BCUT2D eigenvalue weighted by molar-refractivity contribution is -0.351. The van der Waals surface area contributed by atoms with Gasteiger partial charge in [-0.05, 0) is 23.1 Å². The molecule has 7 heteroatoms. The number of benzene rings is 1. The lowest BCUT2D eigenvalue weighted by Crippen LogP contribution is -2.08. The van der Waals surface area contributed by atoms with Gasteiger partial charge in [0.05, 0.1) is 15.8 Å². The average Bonchev–Trinajstić information content (AvgIpc) is 2.15. The molecule has 0 saturated carbocycles. The highest BCUT2D eigenvalue weighted by molar-refractivity contribution is 6.36. The van der Waals surface area contributed by atoms with Crippen molar-refractivity contribution in [2.75, 3.05) is 5.43 Å². The first-order valence-electron chi connectivity index (χ1n) is 3.90. The van der Waals surface area contributed by atoms with Crippen molar-refractivity contribution in [1.82, 2.24) is 0 Å². The molecule has 0 aliphatic carbocycles. The summed E-state index contributed by atoms with van der Waals surface area (Å²) in [4.78, 5) is 9.64. The smallest absolute Gasteiger partial charge is 0.358 e. The van der Waals surface area contributed by atoms with Crippen LogP contribution >= 0.6 is 23.2 Å². The second-order valence-electron chi connectivity index (χ2n) is 2.65. The number of hydrogen-bond acceptors (Lipinski definition) is 4. The number of anilines is 1. The highest BCUT2D eigenvalue weighted by atomic mass is 35.5. The molecule has 0 heterocycles. The van der Waals surface area contributed by atoms with Gasteiger partial charge in [-0.3, -0.25) is 0 Å². The summed E-state index contributed by atoms with van der Waals surface area (Å²) in [5, 5.41) is 14.6. The lowest BCUT2D eigenvalue weighted by atomic mass is 10.3. The largest absolute Gasteiger partial charge is 0.360 e. The maximum absolute atomic E-state index is 10.2. The molecular weight excluding hydrogens is 241 g/mol. The predicted molar refractivity (Wildman–Crippen MR) is 60.2 cm³/mol. The number of nitro groups is 1. The summed E-state index contributed by atoms with van der Waals surface area (Å²) in [6.07, 6.45) is 0. The molecule has 1 N–H and O–H groups in total. The van der Waals surface area contributed by atoms with Crippen molar-refractivity contribution in [1.29, 1.82) is 0 Å². The van der Waals surface area contributed by atoms with Crippen LogP contribution in [0.5, 0.6) is 0 Å². The third-order valence-corrected chi connectivity index (χ3v) is 2.08. The van der Waals surface area contributed by atoms with Gasteiger partial charge in [0.1, 0.15) is 0 Å². The predicted octanol–water partition coefficient (Wildman–Crippen LogP) is 3.02. The molecule has 1 aromatic carbocycles. The Labute approximate surface area is 95.8 Å². The summed E-state index contributed by atoms with van der Waals surface area (Å²) in [7, 11) is 0. The Morgan fingerprint density at radius 3 is 2.73 bits per heavy atom. The number of hydrogen-bond donors (Lipinski definition) is 1. The van der Waals surface area contributed by atoms with Crippen molar-refractivity contribution >= 4 is 34.7 Å². The van der Waals surface area contributed by atoms with Gasteiger partial charge in [-0.1, -0.05) is 23.2 Å². The third-order valence-electron chi connectivity index (χ3n) is 1.53. The normalized spacial score (nSPS) is 11.3. The SMILES string of the molecule is C/C(=N/Nc1ccc(Cl)cc1Cl)[N+](=O)[O-]. The fourth-order valence-electron chi connectivity index (χ4n) is 0.762. The Hall–Kier alpha value is -1.33. The van der Waals surface area contributed by atoms with Gasteiger partial charge < -0.3 is 10.1 Å². The number of amidine groups is 1. The number of nitrogens with one attached hydrogen (secondary N) is 1. The second kappa shape index (κ2) is 4.95. The van der Waals surface area contributed by atoms with Gasteiger partial charge in [0.25, 0.3) is 0 Å². The molecule has 0 spiro atoms. The Morgan fingerprint density at radius 2 is 2.20 bits per heavy atom. The Balaban J connectivity index is 2.82. The molecule has 1 rings (SSSR count). The zero-order valence-corrected chi connectivity index (χ0v) is 9.21. The Bertz CT molecular complexity index is 420. The number of rotatable bonds is 2. The van der Waals surface area contributed by atoms with Gasteiger partial charge in [-0.15, -0.1) is 0 Å². The first-order valence-corrected chi connectivity index (χ1v) is 4.66. The third kappa shape index (κ3) is 3.38. The van der Waals surface area contributed by atoms with E-state index < -0.39 is 4.92 Å². The van der Waals surface area contributed by atoms with Gasteiger partial charge in [0.2, 0.25) is 0 Å². The molecule has 0 aliphatic rings. The van der Waals surface area contributed by atoms with Crippen molar-refractivity contribution in [2.24, 2.45) is 5.10 Å². The molecule has 0 fully saturated rings. The Kier molecular flexibility index (Phi) is 3.88. The van der Waals surface area contributed by atoms with E-state index in [-0.39, 0.29) is 5.84 Å². The standard InChI is InChI=1S/C8H7Cl2N3O2/c1-5(13(14)15)11-12-8-3-2-6(9)4-7(8)10/h2-4,12H,1H3/b11-5-. The van der Waals surface area contributed by atoms with E-state index in [0.717, 1.165) is 0 Å². The molecule has 0 bridgehead atoms. The van der Waals surface area contributed by atoms with Crippen molar-refractivity contribution in [2.45, 2.75) is 6.92 Å². The molecule has 15 heavy (non-hydrogen) atoms. The van der Waals surface area contributed by atoms with Crippen molar-refractivity contribution < 1.29 is 4.92 Å². The van der Waals surface area contributed by atoms with Crippen LogP contribution in [-0.2, 0) is 0 Å². The maximum Gasteiger partial charge on any atom is 0.360 e. The highest BCUT2D eigenvalue weighted by Gasteiger charge is 2.06. The van der Waals surface area contributed by atoms with Crippen LogP contribution < -0.4 is 5.43 Å². The molecule has 0 aromatic heterocycles. The minimum atomic E-state index is -0.600. The van der Waals surface area contributed by atoms with Crippen LogP contribution in [0.15, 0.2) is 23.3 Å². The van der Waals surface area contributed by atoms with E-state index >= 15 is 0 Å². The average molecular weight is 248 g/mol. The summed E-state index contributed by atoms with van der Waals surface area (Å²) < 4.78 is 0. The van der Waals surface area contributed by atoms with Crippen molar-refractivity contribution in [3.63, 3.8) is 0 Å². The monoisotopic (exact) mass is 247 g/mol. The van der Waals surface area contributed by atoms with Gasteiger partial charge in [0.15, 0.2) is 0 Å². The van der Waals surface area contributed by atoms with Crippen LogP contribution in [0.4, 0.5) is 5.69 Å². The van der Waals surface area contributed by atoms with Crippen LogP contribution in [0.3, 0.4) is 0 Å². The van der Waals surface area contributed by atoms with Gasteiger partial charge in [-0.2, -0.15) is 5.43 Å². The van der Waals surface area contributed by atoms with Crippen LogP contribution in [0.2, 0.25) is 10.0 Å². The summed E-state index contributed by atoms with van der Waals surface area (Å²) in [5.41, 5.74) is 2.94. The molecule has 0 amide bonds. The van der Waals surface area contributed by atoms with E-state index in [1.54, 1.807) is 12.1 Å². The molecule has 0 radical (unpaired) electrons. The molecule has 80 valence electrons. The fourth-order valence-corrected chi connectivity index (χ4v) is 1.21. The Morgan fingerprint density at radius 1 is 1.53 bits per heavy atom. The van der Waals surface area contributed by atoms with E-state index in [1.807, 2.05) is 0 Å². The van der Waals surface area contributed by atoms with Crippen LogP contribution in [0.1, 0.15) is 6.92 Å². The highest BCUT2D eigenvalue weighted by Crippen LogP contribution is 2.25.